The zero-order valence-electron chi connectivity index (χ0n) is 9.22. The highest BCUT2D eigenvalue weighted by atomic mass is 32.2. The average molecular weight is 237 g/mol. The summed E-state index contributed by atoms with van der Waals surface area (Å²) in [5, 5.41) is 9.23. The lowest BCUT2D eigenvalue weighted by atomic mass is 10.3. The molecule has 0 aliphatic carbocycles. The Morgan fingerprint density at radius 2 is 2.25 bits per heavy atom. The zero-order valence-corrected chi connectivity index (χ0v) is 10.0. The largest absolute Gasteiger partial charge is 0.440 e. The average Bonchev–Trinajstić information content (AvgIpc) is 2.69. The summed E-state index contributed by atoms with van der Waals surface area (Å²) >= 11 is 1.75. The van der Waals surface area contributed by atoms with Crippen molar-refractivity contribution in [2.24, 2.45) is 0 Å². The maximum Gasteiger partial charge on any atom is 0.205 e. The third-order valence-electron chi connectivity index (χ3n) is 2.37. The molecular weight excluding hydrogens is 222 g/mol. The van der Waals surface area contributed by atoms with Gasteiger partial charge in [0.1, 0.15) is 5.52 Å². The minimum Gasteiger partial charge on any atom is -0.440 e. The Kier molecular flexibility index (Phi) is 3.85. The first-order valence-corrected chi connectivity index (χ1v) is 6.41. The third-order valence-corrected chi connectivity index (χ3v) is 3.58. The number of nitrogens with zero attached hydrogens (tertiary/aromatic N) is 1. The van der Waals surface area contributed by atoms with E-state index in [0.717, 1.165) is 29.2 Å². The summed E-state index contributed by atoms with van der Waals surface area (Å²) in [7, 11) is 0. The van der Waals surface area contributed by atoms with E-state index in [4.69, 9.17) is 9.52 Å². The van der Waals surface area contributed by atoms with Crippen molar-refractivity contribution in [3.63, 3.8) is 0 Å². The monoisotopic (exact) mass is 237 g/mol. The molecule has 1 N–H and O–H groups in total. The zero-order chi connectivity index (χ0) is 11.4. The number of thioether (sulfide) groups is 1. The van der Waals surface area contributed by atoms with E-state index in [-0.39, 0.29) is 6.61 Å². The molecule has 1 aromatic heterocycles. The minimum atomic E-state index is 0.238. The van der Waals surface area contributed by atoms with Gasteiger partial charge in [-0.1, -0.05) is 19.1 Å². The lowest BCUT2D eigenvalue weighted by molar-refractivity contribution is 0.289. The summed E-state index contributed by atoms with van der Waals surface area (Å²) in [4.78, 5) is 4.39. The van der Waals surface area contributed by atoms with Crippen molar-refractivity contribution >= 4 is 22.9 Å². The maximum absolute atomic E-state index is 8.80. The van der Waals surface area contributed by atoms with E-state index < -0.39 is 0 Å². The highest BCUT2D eigenvalue weighted by Crippen LogP contribution is 2.22. The number of aliphatic hydroxyl groups is 1. The van der Waals surface area contributed by atoms with Gasteiger partial charge in [0.25, 0.3) is 0 Å². The van der Waals surface area contributed by atoms with Crippen molar-refractivity contribution in [1.29, 1.82) is 0 Å². The Bertz CT molecular complexity index is 422. The van der Waals surface area contributed by atoms with E-state index in [0.29, 0.717) is 5.25 Å². The van der Waals surface area contributed by atoms with Crippen LogP contribution in [0.15, 0.2) is 28.7 Å². The number of hydrogen-bond acceptors (Lipinski definition) is 4. The van der Waals surface area contributed by atoms with E-state index in [9.17, 15) is 0 Å². The van der Waals surface area contributed by atoms with Crippen LogP contribution in [-0.4, -0.2) is 21.9 Å². The second-order valence-electron chi connectivity index (χ2n) is 3.71. The van der Waals surface area contributed by atoms with Gasteiger partial charge in [0.05, 0.1) is 5.75 Å². The molecule has 0 saturated carbocycles. The Hall–Kier alpha value is -1.00. The fourth-order valence-electron chi connectivity index (χ4n) is 1.46. The van der Waals surface area contributed by atoms with Gasteiger partial charge in [-0.15, -0.1) is 11.8 Å². The fraction of sp³-hybridized carbons (Fsp3) is 0.417. The standard InChI is InChI=1S/C12H15NO2S/c1-9(6-7-14)16-8-12-13-10-4-2-3-5-11(10)15-12/h2-5,9,14H,6-8H2,1H3. The van der Waals surface area contributed by atoms with Gasteiger partial charge in [-0.05, 0) is 18.6 Å². The molecule has 0 bridgehead atoms. The number of fused-ring (bicyclic) bond motifs is 1. The van der Waals surface area contributed by atoms with E-state index >= 15 is 0 Å². The van der Waals surface area contributed by atoms with Crippen molar-refractivity contribution in [3.8, 4) is 0 Å². The van der Waals surface area contributed by atoms with E-state index in [1.807, 2.05) is 24.3 Å². The molecule has 0 radical (unpaired) electrons. The summed E-state index contributed by atoms with van der Waals surface area (Å²) in [6, 6.07) is 7.77. The number of aliphatic hydroxyl groups excluding tert-OH is 1. The van der Waals surface area contributed by atoms with Crippen LogP contribution < -0.4 is 0 Å². The number of rotatable bonds is 5. The first-order chi connectivity index (χ1) is 7.79. The molecule has 1 aromatic carbocycles. The summed E-state index contributed by atoms with van der Waals surface area (Å²) in [5.41, 5.74) is 1.75. The summed E-state index contributed by atoms with van der Waals surface area (Å²) in [6.07, 6.45) is 0.810. The molecule has 86 valence electrons. The highest BCUT2D eigenvalue weighted by molar-refractivity contribution is 7.99. The Morgan fingerprint density at radius 3 is 3.00 bits per heavy atom. The molecule has 1 unspecified atom stereocenters. The van der Waals surface area contributed by atoms with Crippen molar-refractivity contribution < 1.29 is 9.52 Å². The van der Waals surface area contributed by atoms with Gasteiger partial charge in [0.2, 0.25) is 5.89 Å². The molecule has 0 fully saturated rings. The van der Waals surface area contributed by atoms with Gasteiger partial charge in [-0.3, -0.25) is 0 Å². The number of aromatic nitrogens is 1. The normalized spacial score (nSPS) is 13.1. The minimum absolute atomic E-state index is 0.238. The van der Waals surface area contributed by atoms with Crippen LogP contribution in [0.5, 0.6) is 0 Å². The topological polar surface area (TPSA) is 46.3 Å². The predicted molar refractivity (Wildman–Crippen MR) is 66.5 cm³/mol. The van der Waals surface area contributed by atoms with Crippen LogP contribution in [0.2, 0.25) is 0 Å². The molecular formula is C12H15NO2S. The van der Waals surface area contributed by atoms with E-state index in [1.165, 1.54) is 0 Å². The SMILES string of the molecule is CC(CCO)SCc1nc2ccccc2o1. The molecule has 16 heavy (non-hydrogen) atoms. The lowest BCUT2D eigenvalue weighted by Gasteiger charge is -2.06. The molecule has 0 spiro atoms. The third kappa shape index (κ3) is 2.77. The van der Waals surface area contributed by atoms with E-state index in [1.54, 1.807) is 11.8 Å². The molecule has 3 nitrogen and oxygen atoms in total. The molecule has 0 saturated heterocycles. The van der Waals surface area contributed by atoms with Crippen LogP contribution in [0, 0.1) is 0 Å². The molecule has 2 rings (SSSR count). The van der Waals surface area contributed by atoms with Crippen LogP contribution >= 0.6 is 11.8 Å². The van der Waals surface area contributed by atoms with E-state index in [2.05, 4.69) is 11.9 Å². The van der Waals surface area contributed by atoms with Crippen LogP contribution in [0.1, 0.15) is 19.2 Å². The Labute approximate surface area is 98.9 Å². The van der Waals surface area contributed by atoms with Gasteiger partial charge < -0.3 is 9.52 Å². The van der Waals surface area contributed by atoms with Crippen molar-refractivity contribution in [2.75, 3.05) is 6.61 Å². The number of hydrogen-bond donors (Lipinski definition) is 1. The van der Waals surface area contributed by atoms with Gasteiger partial charge in [-0.25, -0.2) is 4.98 Å². The molecule has 0 aliphatic rings. The number of oxazole rings is 1. The molecule has 1 heterocycles. The summed E-state index contributed by atoms with van der Waals surface area (Å²) < 4.78 is 5.60. The summed E-state index contributed by atoms with van der Waals surface area (Å²) in [6.45, 7) is 2.34. The quantitative estimate of drug-likeness (QED) is 0.868. The second-order valence-corrected chi connectivity index (χ2v) is 5.14. The summed E-state index contributed by atoms with van der Waals surface area (Å²) in [5.74, 6) is 1.52. The fourth-order valence-corrected chi connectivity index (χ4v) is 2.28. The van der Waals surface area contributed by atoms with Crippen molar-refractivity contribution in [1.82, 2.24) is 4.98 Å². The second kappa shape index (κ2) is 5.37. The predicted octanol–water partition coefficient (Wildman–Crippen LogP) is 2.83. The van der Waals surface area contributed by atoms with Gasteiger partial charge in [0.15, 0.2) is 5.58 Å². The molecule has 2 aromatic rings. The van der Waals surface area contributed by atoms with Gasteiger partial charge >= 0.3 is 0 Å². The lowest BCUT2D eigenvalue weighted by Crippen LogP contribution is -1.99. The van der Waals surface area contributed by atoms with Crippen molar-refractivity contribution in [2.45, 2.75) is 24.3 Å². The highest BCUT2D eigenvalue weighted by Gasteiger charge is 2.07. The van der Waals surface area contributed by atoms with Gasteiger partial charge in [-0.2, -0.15) is 0 Å². The van der Waals surface area contributed by atoms with Crippen LogP contribution in [0.25, 0.3) is 11.1 Å². The molecule has 1 atom stereocenters. The van der Waals surface area contributed by atoms with Crippen LogP contribution in [0.4, 0.5) is 0 Å². The Morgan fingerprint density at radius 1 is 1.44 bits per heavy atom. The van der Waals surface area contributed by atoms with Crippen LogP contribution in [-0.2, 0) is 5.75 Å². The molecule has 0 amide bonds. The molecule has 4 heteroatoms. The number of benzene rings is 1. The first-order valence-electron chi connectivity index (χ1n) is 5.36. The van der Waals surface area contributed by atoms with Gasteiger partial charge in [0, 0.05) is 11.9 Å². The maximum atomic E-state index is 8.80. The first kappa shape index (κ1) is 11.5. The smallest absolute Gasteiger partial charge is 0.205 e. The molecule has 0 aliphatic heterocycles. The van der Waals surface area contributed by atoms with Crippen molar-refractivity contribution in [3.05, 3.63) is 30.2 Å². The van der Waals surface area contributed by atoms with Crippen LogP contribution in [0.3, 0.4) is 0 Å². The number of para-hydroxylation sites is 2. The Balaban J connectivity index is 1.99.